The first-order chi connectivity index (χ1) is 10.1. The summed E-state index contributed by atoms with van der Waals surface area (Å²) in [5.74, 6) is -0.966. The molecule has 0 aliphatic rings. The van der Waals surface area contributed by atoms with Gasteiger partial charge in [0.2, 0.25) is 0 Å². The lowest BCUT2D eigenvalue weighted by atomic mass is 10.3. The third-order valence-corrected chi connectivity index (χ3v) is 2.85. The Morgan fingerprint density at radius 2 is 1.52 bits per heavy atom. The summed E-state index contributed by atoms with van der Waals surface area (Å²) in [5.41, 5.74) is 0.925. The number of amides is 2. The molecule has 0 spiro atoms. The fourth-order valence-electron chi connectivity index (χ4n) is 1.64. The van der Waals surface area contributed by atoms with Crippen molar-refractivity contribution in [2.24, 2.45) is 0 Å². The Bertz CT molecular complexity index is 673. The van der Waals surface area contributed by atoms with Gasteiger partial charge in [-0.15, -0.1) is 0 Å². The van der Waals surface area contributed by atoms with Crippen molar-refractivity contribution in [2.45, 2.75) is 0 Å². The van der Waals surface area contributed by atoms with Gasteiger partial charge in [-0.3, -0.25) is 9.59 Å². The topological polar surface area (TPSA) is 67.4 Å². The number of carbonyl (C=O) groups excluding carboxylic acids is 2. The first kappa shape index (κ1) is 14.9. The van der Waals surface area contributed by atoms with Crippen molar-refractivity contribution in [1.82, 2.24) is 0 Å². The Labute approximate surface area is 126 Å². The van der Waals surface area contributed by atoms with Crippen molar-refractivity contribution in [3.63, 3.8) is 0 Å². The molecule has 0 aliphatic carbocycles. The zero-order valence-corrected chi connectivity index (χ0v) is 12.0. The normalized spacial score (nSPS) is 9.81. The van der Waals surface area contributed by atoms with Crippen molar-refractivity contribution in [3.05, 3.63) is 53.6 Å². The highest BCUT2D eigenvalue weighted by atomic mass is 35.5. The van der Waals surface area contributed by atoms with Gasteiger partial charge in [0.15, 0.2) is 0 Å². The van der Waals surface area contributed by atoms with Crippen LogP contribution in [0.3, 0.4) is 0 Å². The average Bonchev–Trinajstić information content (AvgIpc) is 2.47. The molecular formula is C15H13ClN2O3. The molecule has 0 heterocycles. The van der Waals surface area contributed by atoms with E-state index in [0.717, 1.165) is 0 Å². The van der Waals surface area contributed by atoms with Gasteiger partial charge >= 0.3 is 11.8 Å². The Kier molecular flexibility index (Phi) is 4.79. The van der Waals surface area contributed by atoms with Gasteiger partial charge < -0.3 is 15.4 Å². The number of anilines is 2. The summed E-state index contributed by atoms with van der Waals surface area (Å²) >= 11 is 5.81. The number of ether oxygens (including phenoxy) is 1. The zero-order valence-electron chi connectivity index (χ0n) is 11.2. The van der Waals surface area contributed by atoms with Crippen LogP contribution in [0.4, 0.5) is 11.4 Å². The Balaban J connectivity index is 2.01. The molecule has 108 valence electrons. The molecule has 0 radical (unpaired) electrons. The van der Waals surface area contributed by atoms with Crippen LogP contribution < -0.4 is 15.4 Å². The quantitative estimate of drug-likeness (QED) is 0.857. The van der Waals surface area contributed by atoms with Gasteiger partial charge in [0.05, 0.1) is 7.11 Å². The maximum atomic E-state index is 11.8. The van der Waals surface area contributed by atoms with E-state index in [0.29, 0.717) is 22.1 Å². The molecule has 0 atom stereocenters. The van der Waals surface area contributed by atoms with Crippen molar-refractivity contribution < 1.29 is 14.3 Å². The van der Waals surface area contributed by atoms with E-state index in [9.17, 15) is 9.59 Å². The second-order valence-corrected chi connectivity index (χ2v) is 4.59. The number of nitrogens with one attached hydrogen (secondary N) is 2. The van der Waals surface area contributed by atoms with Crippen molar-refractivity contribution in [1.29, 1.82) is 0 Å². The van der Waals surface area contributed by atoms with Gasteiger partial charge in [0.1, 0.15) is 5.75 Å². The van der Waals surface area contributed by atoms with Crippen LogP contribution in [0.15, 0.2) is 48.5 Å². The fraction of sp³-hybridized carbons (Fsp3) is 0.0667. The molecule has 0 fully saturated rings. The van der Waals surface area contributed by atoms with Gasteiger partial charge in [-0.1, -0.05) is 23.7 Å². The van der Waals surface area contributed by atoms with Gasteiger partial charge in [-0.2, -0.15) is 0 Å². The number of carbonyl (C=O) groups is 2. The number of benzene rings is 2. The molecule has 0 aliphatic heterocycles. The summed E-state index contributed by atoms with van der Waals surface area (Å²) in [6.07, 6.45) is 0. The van der Waals surface area contributed by atoms with Crippen LogP contribution in [-0.2, 0) is 9.59 Å². The van der Waals surface area contributed by atoms with Crippen LogP contribution in [0.1, 0.15) is 0 Å². The largest absolute Gasteiger partial charge is 0.497 e. The van der Waals surface area contributed by atoms with E-state index in [4.69, 9.17) is 16.3 Å². The number of rotatable bonds is 3. The Morgan fingerprint density at radius 1 is 0.952 bits per heavy atom. The maximum Gasteiger partial charge on any atom is 0.314 e. The lowest BCUT2D eigenvalue weighted by Crippen LogP contribution is -2.29. The van der Waals surface area contributed by atoms with Gasteiger partial charge in [0, 0.05) is 22.5 Å². The van der Waals surface area contributed by atoms with Crippen molar-refractivity contribution in [2.75, 3.05) is 17.7 Å². The second-order valence-electron chi connectivity index (χ2n) is 4.15. The van der Waals surface area contributed by atoms with Crippen LogP contribution >= 0.6 is 11.6 Å². The molecule has 6 heteroatoms. The van der Waals surface area contributed by atoms with E-state index < -0.39 is 11.8 Å². The van der Waals surface area contributed by atoms with Crippen LogP contribution in [0, 0.1) is 0 Å². The molecule has 2 aromatic carbocycles. The minimum atomic E-state index is -0.778. The van der Waals surface area contributed by atoms with E-state index in [1.54, 1.807) is 48.5 Å². The first-order valence-electron chi connectivity index (χ1n) is 6.10. The predicted molar refractivity (Wildman–Crippen MR) is 81.7 cm³/mol. The number of methoxy groups -OCH3 is 1. The smallest absolute Gasteiger partial charge is 0.314 e. The SMILES string of the molecule is COc1cccc(NC(=O)C(=O)Nc2cccc(Cl)c2)c1. The van der Waals surface area contributed by atoms with E-state index in [1.807, 2.05) is 0 Å². The zero-order chi connectivity index (χ0) is 15.2. The molecular weight excluding hydrogens is 292 g/mol. The van der Waals surface area contributed by atoms with Crippen LogP contribution in [0.2, 0.25) is 5.02 Å². The molecule has 21 heavy (non-hydrogen) atoms. The summed E-state index contributed by atoms with van der Waals surface area (Å²) in [7, 11) is 1.52. The first-order valence-corrected chi connectivity index (χ1v) is 6.48. The Hall–Kier alpha value is -2.53. The second kappa shape index (κ2) is 6.76. The monoisotopic (exact) mass is 304 g/mol. The summed E-state index contributed by atoms with van der Waals surface area (Å²) in [5, 5.41) is 5.43. The summed E-state index contributed by atoms with van der Waals surface area (Å²) < 4.78 is 5.04. The Morgan fingerprint density at radius 3 is 2.10 bits per heavy atom. The minimum absolute atomic E-state index is 0.452. The molecule has 2 aromatic rings. The molecule has 2 N–H and O–H groups in total. The van der Waals surface area contributed by atoms with Crippen molar-refractivity contribution in [3.8, 4) is 5.75 Å². The standard InChI is InChI=1S/C15H13ClN2O3/c1-21-13-7-3-6-12(9-13)18-15(20)14(19)17-11-5-2-4-10(16)8-11/h2-9H,1H3,(H,17,19)(H,18,20). The lowest BCUT2D eigenvalue weighted by molar-refractivity contribution is -0.132. The van der Waals surface area contributed by atoms with Crippen molar-refractivity contribution >= 4 is 34.8 Å². The summed E-state index contributed by atoms with van der Waals surface area (Å²) in [6, 6.07) is 13.3. The van der Waals surface area contributed by atoms with Crippen LogP contribution in [0.25, 0.3) is 0 Å². The third kappa shape index (κ3) is 4.22. The highest BCUT2D eigenvalue weighted by Gasteiger charge is 2.14. The van der Waals surface area contributed by atoms with E-state index >= 15 is 0 Å². The third-order valence-electron chi connectivity index (χ3n) is 2.62. The predicted octanol–water partition coefficient (Wildman–Crippen LogP) is 2.93. The molecule has 0 saturated heterocycles. The minimum Gasteiger partial charge on any atom is -0.497 e. The lowest BCUT2D eigenvalue weighted by Gasteiger charge is -2.08. The molecule has 0 bridgehead atoms. The van der Waals surface area contributed by atoms with Gasteiger partial charge in [-0.25, -0.2) is 0 Å². The molecule has 0 saturated carbocycles. The number of hydrogen-bond donors (Lipinski definition) is 2. The number of hydrogen-bond acceptors (Lipinski definition) is 3. The fourth-order valence-corrected chi connectivity index (χ4v) is 1.83. The van der Waals surface area contributed by atoms with E-state index in [-0.39, 0.29) is 0 Å². The molecule has 2 rings (SSSR count). The number of halogens is 1. The summed E-state index contributed by atoms with van der Waals surface area (Å²) in [6.45, 7) is 0. The van der Waals surface area contributed by atoms with E-state index in [2.05, 4.69) is 10.6 Å². The van der Waals surface area contributed by atoms with E-state index in [1.165, 1.54) is 7.11 Å². The maximum absolute atomic E-state index is 11.8. The highest BCUT2D eigenvalue weighted by Crippen LogP contribution is 2.17. The summed E-state index contributed by atoms with van der Waals surface area (Å²) in [4.78, 5) is 23.6. The molecule has 0 aromatic heterocycles. The molecule has 5 nitrogen and oxygen atoms in total. The highest BCUT2D eigenvalue weighted by molar-refractivity contribution is 6.43. The van der Waals surface area contributed by atoms with Crippen LogP contribution in [0.5, 0.6) is 5.75 Å². The van der Waals surface area contributed by atoms with Gasteiger partial charge in [0.25, 0.3) is 0 Å². The molecule has 2 amide bonds. The molecule has 0 unspecified atom stereocenters. The average molecular weight is 305 g/mol. The van der Waals surface area contributed by atoms with Crippen LogP contribution in [-0.4, -0.2) is 18.9 Å². The van der Waals surface area contributed by atoms with Gasteiger partial charge in [-0.05, 0) is 30.3 Å².